The molecular formula is C25H25NO6S. The minimum Gasteiger partial charge on any atom is -0.486 e. The van der Waals surface area contributed by atoms with Crippen LogP contribution >= 0.6 is 0 Å². The fraction of sp³-hybridized carbons (Fsp3) is 0.280. The maximum atomic E-state index is 12.9. The number of carbonyl (C=O) groups excluding carboxylic acids is 2. The van der Waals surface area contributed by atoms with E-state index in [-0.39, 0.29) is 11.3 Å². The van der Waals surface area contributed by atoms with Crippen molar-refractivity contribution >= 4 is 22.6 Å². The van der Waals surface area contributed by atoms with Crippen LogP contribution in [0.25, 0.3) is 5.69 Å². The Labute approximate surface area is 194 Å². The smallest absolute Gasteiger partial charge is 0.339 e. The SMILES string of the molecule is CC[S@@](=O)c1ccccc1C(=O)OCC(=O)c1cc(C)n(-c2ccc3c(c2)OCCO3)c1C. The number of esters is 1. The number of aromatic nitrogens is 1. The first-order valence-corrected chi connectivity index (χ1v) is 12.0. The average molecular weight is 468 g/mol. The lowest BCUT2D eigenvalue weighted by Crippen LogP contribution is -2.17. The molecule has 0 N–H and O–H groups in total. The molecule has 4 rings (SSSR count). The van der Waals surface area contributed by atoms with Crippen molar-refractivity contribution in [3.63, 3.8) is 0 Å². The van der Waals surface area contributed by atoms with Gasteiger partial charge in [0.15, 0.2) is 18.1 Å². The number of fused-ring (bicyclic) bond motifs is 1. The molecule has 0 saturated heterocycles. The first-order chi connectivity index (χ1) is 15.9. The monoisotopic (exact) mass is 467 g/mol. The number of hydrogen-bond acceptors (Lipinski definition) is 6. The first kappa shape index (κ1) is 22.8. The molecule has 1 atom stereocenters. The summed E-state index contributed by atoms with van der Waals surface area (Å²) in [6.45, 7) is 6.13. The third-order valence-corrected chi connectivity index (χ3v) is 6.84. The van der Waals surface area contributed by atoms with Gasteiger partial charge in [0, 0.05) is 34.5 Å². The average Bonchev–Trinajstić information content (AvgIpc) is 3.15. The fourth-order valence-electron chi connectivity index (χ4n) is 3.89. The summed E-state index contributed by atoms with van der Waals surface area (Å²) < 4.78 is 30.7. The van der Waals surface area contributed by atoms with Crippen molar-refractivity contribution in [2.75, 3.05) is 25.6 Å². The molecule has 0 radical (unpaired) electrons. The second-order valence-electron chi connectivity index (χ2n) is 7.58. The Morgan fingerprint density at radius 1 is 1.00 bits per heavy atom. The van der Waals surface area contributed by atoms with Crippen LogP contribution in [0.5, 0.6) is 11.5 Å². The van der Waals surface area contributed by atoms with Crippen molar-refractivity contribution in [1.29, 1.82) is 0 Å². The summed E-state index contributed by atoms with van der Waals surface area (Å²) in [4.78, 5) is 25.9. The molecule has 1 aliphatic rings. The summed E-state index contributed by atoms with van der Waals surface area (Å²) in [7, 11) is -1.31. The van der Waals surface area contributed by atoms with Crippen LogP contribution in [0.3, 0.4) is 0 Å². The summed E-state index contributed by atoms with van der Waals surface area (Å²) in [5.74, 6) is 0.765. The predicted octanol–water partition coefficient (Wildman–Crippen LogP) is 4.03. The molecule has 172 valence electrons. The Morgan fingerprint density at radius 3 is 2.48 bits per heavy atom. The zero-order valence-corrected chi connectivity index (χ0v) is 19.6. The second-order valence-corrected chi connectivity index (χ2v) is 9.29. The van der Waals surface area contributed by atoms with E-state index < -0.39 is 23.4 Å². The highest BCUT2D eigenvalue weighted by molar-refractivity contribution is 7.85. The largest absolute Gasteiger partial charge is 0.486 e. The molecule has 1 aromatic heterocycles. The van der Waals surface area contributed by atoms with Crippen LogP contribution in [-0.2, 0) is 15.5 Å². The number of nitrogens with zero attached hydrogens (tertiary/aromatic N) is 1. The van der Waals surface area contributed by atoms with E-state index in [0.717, 1.165) is 17.1 Å². The maximum Gasteiger partial charge on any atom is 0.339 e. The predicted molar refractivity (Wildman–Crippen MR) is 124 cm³/mol. The highest BCUT2D eigenvalue weighted by atomic mass is 32.2. The van der Waals surface area contributed by atoms with E-state index >= 15 is 0 Å². The molecule has 0 saturated carbocycles. The molecule has 2 aromatic carbocycles. The van der Waals surface area contributed by atoms with Crippen LogP contribution in [-0.4, -0.2) is 46.1 Å². The summed E-state index contributed by atoms with van der Waals surface area (Å²) in [6.07, 6.45) is 0. The quantitative estimate of drug-likeness (QED) is 0.385. The normalized spacial score (nSPS) is 13.4. The number of Topliss-reactive ketones (excluding diaryl/α,β-unsaturated/α-hetero) is 1. The van der Waals surface area contributed by atoms with Crippen molar-refractivity contribution in [3.05, 3.63) is 71.0 Å². The molecule has 7 nitrogen and oxygen atoms in total. The number of carbonyl (C=O) groups is 2. The van der Waals surface area contributed by atoms with Gasteiger partial charge in [-0.3, -0.25) is 9.00 Å². The highest BCUT2D eigenvalue weighted by Crippen LogP contribution is 2.33. The third-order valence-electron chi connectivity index (χ3n) is 5.46. The Morgan fingerprint density at radius 2 is 1.73 bits per heavy atom. The minimum absolute atomic E-state index is 0.215. The van der Waals surface area contributed by atoms with E-state index in [9.17, 15) is 13.8 Å². The number of ketones is 1. The lowest BCUT2D eigenvalue weighted by molar-refractivity contribution is 0.0471. The molecule has 0 unspecified atom stereocenters. The lowest BCUT2D eigenvalue weighted by Gasteiger charge is -2.20. The van der Waals surface area contributed by atoms with Gasteiger partial charge in [0.1, 0.15) is 13.2 Å². The molecule has 2 heterocycles. The van der Waals surface area contributed by atoms with Gasteiger partial charge in [0.2, 0.25) is 5.78 Å². The van der Waals surface area contributed by atoms with Gasteiger partial charge in [-0.2, -0.15) is 0 Å². The van der Waals surface area contributed by atoms with Crippen LogP contribution in [0.4, 0.5) is 0 Å². The molecule has 0 amide bonds. The Bertz CT molecular complexity index is 1250. The van der Waals surface area contributed by atoms with Gasteiger partial charge in [-0.25, -0.2) is 4.79 Å². The molecule has 0 fully saturated rings. The molecule has 8 heteroatoms. The van der Waals surface area contributed by atoms with Crippen LogP contribution in [0.2, 0.25) is 0 Å². The first-order valence-electron chi connectivity index (χ1n) is 10.7. The third kappa shape index (κ3) is 4.57. The number of ether oxygens (including phenoxy) is 3. The maximum absolute atomic E-state index is 12.9. The Kier molecular flexibility index (Phi) is 6.65. The van der Waals surface area contributed by atoms with Gasteiger partial charge in [0.05, 0.1) is 21.3 Å². The molecule has 0 aliphatic carbocycles. The fourth-order valence-corrected chi connectivity index (χ4v) is 4.83. The van der Waals surface area contributed by atoms with Gasteiger partial charge < -0.3 is 18.8 Å². The number of aryl methyl sites for hydroxylation is 1. The highest BCUT2D eigenvalue weighted by Gasteiger charge is 2.21. The molecular weight excluding hydrogens is 442 g/mol. The summed E-state index contributed by atoms with van der Waals surface area (Å²) in [6, 6.07) is 14.0. The zero-order chi connectivity index (χ0) is 23.5. The van der Waals surface area contributed by atoms with Gasteiger partial charge in [-0.05, 0) is 44.2 Å². The van der Waals surface area contributed by atoms with Gasteiger partial charge in [-0.1, -0.05) is 19.1 Å². The summed E-state index contributed by atoms with van der Waals surface area (Å²) in [5.41, 5.74) is 3.13. The molecule has 0 bridgehead atoms. The zero-order valence-electron chi connectivity index (χ0n) is 18.8. The van der Waals surface area contributed by atoms with Crippen molar-refractivity contribution in [3.8, 4) is 17.2 Å². The van der Waals surface area contributed by atoms with E-state index in [4.69, 9.17) is 14.2 Å². The van der Waals surface area contributed by atoms with Gasteiger partial charge in [-0.15, -0.1) is 0 Å². The van der Waals surface area contributed by atoms with E-state index in [0.29, 0.717) is 40.9 Å². The molecule has 3 aromatic rings. The van der Waals surface area contributed by atoms with Gasteiger partial charge >= 0.3 is 5.97 Å². The van der Waals surface area contributed by atoms with Crippen LogP contribution in [0, 0.1) is 13.8 Å². The van der Waals surface area contributed by atoms with Crippen molar-refractivity contribution in [2.45, 2.75) is 25.7 Å². The van der Waals surface area contributed by atoms with Gasteiger partial charge in [0.25, 0.3) is 0 Å². The van der Waals surface area contributed by atoms with Crippen LogP contribution in [0.15, 0.2) is 53.4 Å². The van der Waals surface area contributed by atoms with E-state index in [1.807, 2.05) is 36.6 Å². The molecule has 33 heavy (non-hydrogen) atoms. The van der Waals surface area contributed by atoms with Crippen LogP contribution in [0.1, 0.15) is 39.0 Å². The molecule has 1 aliphatic heterocycles. The lowest BCUT2D eigenvalue weighted by atomic mass is 10.1. The number of rotatable bonds is 7. The second kappa shape index (κ2) is 9.62. The van der Waals surface area contributed by atoms with E-state index in [1.165, 1.54) is 0 Å². The Balaban J connectivity index is 1.53. The standard InChI is InChI=1S/C25H25NO6S/c1-4-33(29)24-8-6-5-7-19(24)25(28)32-15-21(27)20-13-16(2)26(17(20)3)18-9-10-22-23(14-18)31-12-11-30-22/h5-10,13-14H,4,11-12,15H2,1-3H3/t33-/m1/s1. The van der Waals surface area contributed by atoms with E-state index in [1.54, 1.807) is 37.3 Å². The number of hydrogen-bond donors (Lipinski definition) is 0. The minimum atomic E-state index is -1.31. The topological polar surface area (TPSA) is 83.8 Å². The molecule has 0 spiro atoms. The van der Waals surface area contributed by atoms with Crippen molar-refractivity contribution < 1.29 is 28.0 Å². The number of benzene rings is 2. The van der Waals surface area contributed by atoms with Crippen molar-refractivity contribution in [1.82, 2.24) is 4.57 Å². The summed E-state index contributed by atoms with van der Waals surface area (Å²) in [5, 5.41) is 0. The summed E-state index contributed by atoms with van der Waals surface area (Å²) >= 11 is 0. The Hall–Kier alpha value is -3.39. The van der Waals surface area contributed by atoms with Crippen LogP contribution < -0.4 is 9.47 Å². The van der Waals surface area contributed by atoms with E-state index in [2.05, 4.69) is 0 Å². The van der Waals surface area contributed by atoms with Crippen molar-refractivity contribution in [2.24, 2.45) is 0 Å².